The summed E-state index contributed by atoms with van der Waals surface area (Å²) in [4.78, 5) is 2.46. The predicted octanol–water partition coefficient (Wildman–Crippen LogP) is 1.88. The second kappa shape index (κ2) is 5.89. The van der Waals surface area contributed by atoms with Gasteiger partial charge in [-0.1, -0.05) is 13.8 Å². The number of nitrogens with zero attached hydrogens (tertiary/aromatic N) is 1. The van der Waals surface area contributed by atoms with Gasteiger partial charge < -0.3 is 15.1 Å². The normalized spacial score (nSPS) is 37.7. The van der Waals surface area contributed by atoms with Crippen LogP contribution in [0.2, 0.25) is 0 Å². The molecule has 3 heteroatoms. The number of likely N-dealkylation sites (tertiary alicyclic amines) is 1. The Hall–Kier alpha value is -0.120. The Balaban J connectivity index is 1.87. The summed E-state index contributed by atoms with van der Waals surface area (Å²) in [6.07, 6.45) is 5.46. The molecular formula is C15H29NO2. The van der Waals surface area contributed by atoms with E-state index in [1.165, 1.54) is 6.42 Å². The summed E-state index contributed by atoms with van der Waals surface area (Å²) in [5, 5.41) is 19.5. The van der Waals surface area contributed by atoms with Crippen molar-refractivity contribution in [1.82, 2.24) is 4.90 Å². The maximum atomic E-state index is 10.2. The van der Waals surface area contributed by atoms with Crippen LogP contribution in [0.25, 0.3) is 0 Å². The zero-order chi connectivity index (χ0) is 13.2. The van der Waals surface area contributed by atoms with Gasteiger partial charge >= 0.3 is 0 Å². The van der Waals surface area contributed by atoms with E-state index in [4.69, 9.17) is 0 Å². The first-order valence-corrected chi connectivity index (χ1v) is 7.51. The van der Waals surface area contributed by atoms with Gasteiger partial charge in [-0.2, -0.15) is 0 Å². The summed E-state index contributed by atoms with van der Waals surface area (Å²) in [5.74, 6) is 0.874. The Kier molecular flexibility index (Phi) is 4.68. The van der Waals surface area contributed by atoms with E-state index in [-0.39, 0.29) is 6.10 Å². The van der Waals surface area contributed by atoms with Crippen LogP contribution in [0, 0.1) is 17.3 Å². The van der Waals surface area contributed by atoms with Crippen LogP contribution in [-0.4, -0.2) is 47.5 Å². The molecule has 0 aromatic carbocycles. The van der Waals surface area contributed by atoms with Crippen LogP contribution < -0.4 is 0 Å². The number of aliphatic hydroxyl groups excluding tert-OH is 2. The van der Waals surface area contributed by atoms with E-state index < -0.39 is 0 Å². The summed E-state index contributed by atoms with van der Waals surface area (Å²) in [6, 6.07) is 0. The van der Waals surface area contributed by atoms with Gasteiger partial charge in [-0.3, -0.25) is 0 Å². The van der Waals surface area contributed by atoms with E-state index in [1.807, 2.05) is 0 Å². The fourth-order valence-electron chi connectivity index (χ4n) is 3.71. The van der Waals surface area contributed by atoms with Gasteiger partial charge in [0, 0.05) is 19.7 Å². The fourth-order valence-corrected chi connectivity index (χ4v) is 3.71. The van der Waals surface area contributed by atoms with Crippen molar-refractivity contribution < 1.29 is 10.2 Å². The Morgan fingerprint density at radius 2 is 2.06 bits per heavy atom. The molecule has 2 aliphatic rings. The SMILES string of the molecule is CC1(C)CCC(O)C(CN2CCCC(CO)C2)C1. The monoisotopic (exact) mass is 255 g/mol. The van der Waals surface area contributed by atoms with Crippen molar-refractivity contribution in [2.75, 3.05) is 26.2 Å². The van der Waals surface area contributed by atoms with Crippen molar-refractivity contribution in [2.45, 2.75) is 52.1 Å². The third kappa shape index (κ3) is 3.69. The maximum Gasteiger partial charge on any atom is 0.0581 e. The zero-order valence-electron chi connectivity index (χ0n) is 11.9. The highest BCUT2D eigenvalue weighted by atomic mass is 16.3. The highest BCUT2D eigenvalue weighted by Crippen LogP contribution is 2.39. The highest BCUT2D eigenvalue weighted by Gasteiger charge is 2.35. The molecule has 1 aliphatic heterocycles. The van der Waals surface area contributed by atoms with E-state index in [0.29, 0.717) is 23.9 Å². The molecule has 0 spiro atoms. The third-order valence-electron chi connectivity index (χ3n) is 4.83. The molecule has 2 rings (SSSR count). The summed E-state index contributed by atoms with van der Waals surface area (Å²) in [5.41, 5.74) is 0.385. The van der Waals surface area contributed by atoms with Crippen molar-refractivity contribution in [3.8, 4) is 0 Å². The molecule has 0 radical (unpaired) electrons. The Morgan fingerprint density at radius 3 is 2.78 bits per heavy atom. The Morgan fingerprint density at radius 1 is 1.28 bits per heavy atom. The molecular weight excluding hydrogens is 226 g/mol. The molecule has 2 fully saturated rings. The van der Waals surface area contributed by atoms with E-state index in [9.17, 15) is 10.2 Å². The Labute approximate surface area is 111 Å². The molecule has 3 atom stereocenters. The molecule has 0 bridgehead atoms. The van der Waals surface area contributed by atoms with Crippen LogP contribution in [0.15, 0.2) is 0 Å². The largest absolute Gasteiger partial charge is 0.396 e. The number of rotatable bonds is 3. The number of piperidine rings is 1. The van der Waals surface area contributed by atoms with E-state index >= 15 is 0 Å². The average molecular weight is 255 g/mol. The van der Waals surface area contributed by atoms with Gasteiger partial charge in [0.25, 0.3) is 0 Å². The topological polar surface area (TPSA) is 43.7 Å². The van der Waals surface area contributed by atoms with Gasteiger partial charge in [0.05, 0.1) is 6.10 Å². The molecule has 3 unspecified atom stereocenters. The van der Waals surface area contributed by atoms with Crippen LogP contribution in [-0.2, 0) is 0 Å². The minimum absolute atomic E-state index is 0.118. The van der Waals surface area contributed by atoms with Crippen molar-refractivity contribution >= 4 is 0 Å². The van der Waals surface area contributed by atoms with E-state index in [0.717, 1.165) is 45.3 Å². The molecule has 0 aromatic heterocycles. The van der Waals surface area contributed by atoms with Crippen LogP contribution in [0.4, 0.5) is 0 Å². The molecule has 1 saturated heterocycles. The standard InChI is InChI=1S/C15H29NO2/c1-15(2)6-5-14(18)13(8-15)10-16-7-3-4-12(9-16)11-17/h12-14,17-18H,3-11H2,1-2H3. The summed E-state index contributed by atoms with van der Waals surface area (Å²) in [6.45, 7) is 8.12. The molecule has 1 aliphatic carbocycles. The van der Waals surface area contributed by atoms with Gasteiger partial charge in [-0.25, -0.2) is 0 Å². The molecule has 3 nitrogen and oxygen atoms in total. The van der Waals surface area contributed by atoms with Crippen molar-refractivity contribution in [3.63, 3.8) is 0 Å². The lowest BCUT2D eigenvalue weighted by Crippen LogP contribution is -2.45. The van der Waals surface area contributed by atoms with Gasteiger partial charge in [0.1, 0.15) is 0 Å². The molecule has 1 saturated carbocycles. The van der Waals surface area contributed by atoms with Crippen molar-refractivity contribution in [2.24, 2.45) is 17.3 Å². The minimum Gasteiger partial charge on any atom is -0.396 e. The molecule has 1 heterocycles. The second-order valence-corrected chi connectivity index (χ2v) is 7.18. The van der Waals surface area contributed by atoms with Crippen LogP contribution in [0.1, 0.15) is 46.0 Å². The molecule has 0 aromatic rings. The van der Waals surface area contributed by atoms with Gasteiger partial charge in [0.15, 0.2) is 0 Å². The number of hydrogen-bond acceptors (Lipinski definition) is 3. The molecule has 0 amide bonds. The third-order valence-corrected chi connectivity index (χ3v) is 4.83. The Bertz CT molecular complexity index is 267. The van der Waals surface area contributed by atoms with Gasteiger partial charge in [-0.15, -0.1) is 0 Å². The quantitative estimate of drug-likeness (QED) is 0.809. The summed E-state index contributed by atoms with van der Waals surface area (Å²) < 4.78 is 0. The van der Waals surface area contributed by atoms with Crippen molar-refractivity contribution in [3.05, 3.63) is 0 Å². The second-order valence-electron chi connectivity index (χ2n) is 7.18. The molecule has 18 heavy (non-hydrogen) atoms. The first-order chi connectivity index (χ1) is 8.50. The van der Waals surface area contributed by atoms with Crippen LogP contribution >= 0.6 is 0 Å². The first kappa shape index (κ1) is 14.3. The average Bonchev–Trinajstić information content (AvgIpc) is 2.34. The van der Waals surface area contributed by atoms with Crippen LogP contribution in [0.5, 0.6) is 0 Å². The first-order valence-electron chi connectivity index (χ1n) is 7.51. The number of hydrogen-bond donors (Lipinski definition) is 2. The number of aliphatic hydroxyl groups is 2. The maximum absolute atomic E-state index is 10.2. The highest BCUT2D eigenvalue weighted by molar-refractivity contribution is 4.87. The van der Waals surface area contributed by atoms with Gasteiger partial charge in [-0.05, 0) is 55.9 Å². The zero-order valence-corrected chi connectivity index (χ0v) is 11.9. The predicted molar refractivity (Wildman–Crippen MR) is 73.4 cm³/mol. The molecule has 106 valence electrons. The lowest BCUT2D eigenvalue weighted by molar-refractivity contribution is -0.00456. The van der Waals surface area contributed by atoms with Crippen LogP contribution in [0.3, 0.4) is 0 Å². The van der Waals surface area contributed by atoms with Gasteiger partial charge in [0.2, 0.25) is 0 Å². The summed E-state index contributed by atoms with van der Waals surface area (Å²) >= 11 is 0. The lowest BCUT2D eigenvalue weighted by Gasteiger charge is -2.42. The fraction of sp³-hybridized carbons (Fsp3) is 1.00. The van der Waals surface area contributed by atoms with Crippen molar-refractivity contribution in [1.29, 1.82) is 0 Å². The lowest BCUT2D eigenvalue weighted by atomic mass is 9.70. The summed E-state index contributed by atoms with van der Waals surface area (Å²) in [7, 11) is 0. The smallest absolute Gasteiger partial charge is 0.0581 e. The molecule has 2 N–H and O–H groups in total. The van der Waals surface area contributed by atoms with E-state index in [1.54, 1.807) is 0 Å². The van der Waals surface area contributed by atoms with E-state index in [2.05, 4.69) is 18.7 Å². The minimum atomic E-state index is -0.118.